The molecule has 0 atom stereocenters. The third-order valence-electron chi connectivity index (χ3n) is 4.45. The monoisotopic (exact) mass is 271 g/mol. The van der Waals surface area contributed by atoms with Crippen LogP contribution < -0.4 is 5.73 Å². The Kier molecular flexibility index (Phi) is 2.12. The van der Waals surface area contributed by atoms with Gasteiger partial charge in [-0.3, -0.25) is 0 Å². The van der Waals surface area contributed by atoms with Gasteiger partial charge in [0.15, 0.2) is 11.3 Å². The summed E-state index contributed by atoms with van der Waals surface area (Å²) in [6.45, 7) is 4.36. The first-order valence-corrected chi connectivity index (χ1v) is 6.91. The Morgan fingerprint density at radius 3 is 2.30 bits per heavy atom. The summed E-state index contributed by atoms with van der Waals surface area (Å²) < 4.78 is 11.6. The molecule has 1 aromatic carbocycles. The molecule has 0 unspecified atom stereocenters. The van der Waals surface area contributed by atoms with Gasteiger partial charge in [0.1, 0.15) is 17.1 Å². The van der Waals surface area contributed by atoms with E-state index >= 15 is 0 Å². The predicted molar refractivity (Wildman–Crippen MR) is 77.1 cm³/mol. The average Bonchev–Trinajstić information content (AvgIpc) is 2.95. The molecular formula is C16H17NO3. The van der Waals surface area contributed by atoms with Crippen molar-refractivity contribution in [2.45, 2.75) is 32.1 Å². The zero-order chi connectivity index (χ0) is 14.1. The number of furan rings is 2. The van der Waals surface area contributed by atoms with Crippen molar-refractivity contribution in [3.63, 3.8) is 0 Å². The molecule has 0 amide bonds. The maximum atomic E-state index is 10.4. The molecule has 0 radical (unpaired) electrons. The van der Waals surface area contributed by atoms with Gasteiger partial charge < -0.3 is 19.7 Å². The second-order valence-corrected chi connectivity index (χ2v) is 5.91. The summed E-state index contributed by atoms with van der Waals surface area (Å²) >= 11 is 0. The van der Waals surface area contributed by atoms with E-state index in [4.69, 9.17) is 14.6 Å². The largest absolute Gasteiger partial charge is 0.504 e. The summed E-state index contributed by atoms with van der Waals surface area (Å²) in [4.78, 5) is 0. The normalized spacial score (nSPS) is 17.1. The molecule has 20 heavy (non-hydrogen) atoms. The van der Waals surface area contributed by atoms with Crippen molar-refractivity contribution >= 4 is 21.9 Å². The fourth-order valence-electron chi connectivity index (χ4n) is 3.23. The second kappa shape index (κ2) is 3.58. The molecule has 4 nitrogen and oxygen atoms in total. The molecule has 4 rings (SSSR count). The van der Waals surface area contributed by atoms with Crippen LogP contribution in [0.1, 0.15) is 29.9 Å². The number of phenols is 1. The molecule has 1 fully saturated rings. The number of aromatic hydroxyl groups is 1. The molecule has 0 spiro atoms. The molecule has 104 valence electrons. The van der Waals surface area contributed by atoms with Crippen LogP contribution in [0.5, 0.6) is 5.75 Å². The topological polar surface area (TPSA) is 72.5 Å². The minimum Gasteiger partial charge on any atom is -0.504 e. The first-order chi connectivity index (χ1) is 9.55. The highest BCUT2D eigenvalue weighted by Crippen LogP contribution is 2.54. The lowest BCUT2D eigenvalue weighted by molar-refractivity contribution is 0.466. The third kappa shape index (κ3) is 1.34. The number of benzene rings is 1. The van der Waals surface area contributed by atoms with Crippen LogP contribution in [-0.4, -0.2) is 11.7 Å². The van der Waals surface area contributed by atoms with Crippen LogP contribution >= 0.6 is 0 Å². The van der Waals surface area contributed by atoms with E-state index in [1.807, 2.05) is 26.0 Å². The zero-order valence-corrected chi connectivity index (χ0v) is 11.6. The van der Waals surface area contributed by atoms with E-state index in [0.29, 0.717) is 12.1 Å². The van der Waals surface area contributed by atoms with Crippen LogP contribution in [-0.2, 0) is 5.41 Å². The lowest BCUT2D eigenvalue weighted by atomic mass is 9.91. The molecule has 2 heterocycles. The SMILES string of the molecule is Cc1cc2c(C3(CN)CC3)c3oc(C)cc3c(O)c2o1. The lowest BCUT2D eigenvalue weighted by Crippen LogP contribution is -2.20. The number of hydrogen-bond acceptors (Lipinski definition) is 4. The van der Waals surface area contributed by atoms with Gasteiger partial charge in [0.05, 0.1) is 5.39 Å². The Morgan fingerprint density at radius 1 is 1.10 bits per heavy atom. The third-order valence-corrected chi connectivity index (χ3v) is 4.45. The van der Waals surface area contributed by atoms with Crippen molar-refractivity contribution < 1.29 is 13.9 Å². The van der Waals surface area contributed by atoms with Crippen LogP contribution in [0.2, 0.25) is 0 Å². The van der Waals surface area contributed by atoms with Crippen LogP contribution in [0.15, 0.2) is 21.0 Å². The standard InChI is InChI=1S/C16H17NO3/c1-8-5-10-12(16(7-17)3-4-16)14-11(6-9(2)19-14)13(18)15(10)20-8/h5-6,18H,3-4,7,17H2,1-2H3. The smallest absolute Gasteiger partial charge is 0.177 e. The van der Waals surface area contributed by atoms with Gasteiger partial charge in [-0.1, -0.05) is 0 Å². The number of nitrogens with two attached hydrogens (primary N) is 1. The van der Waals surface area contributed by atoms with E-state index in [-0.39, 0.29) is 11.2 Å². The fourth-order valence-corrected chi connectivity index (χ4v) is 3.23. The van der Waals surface area contributed by atoms with Crippen LogP contribution in [0.25, 0.3) is 21.9 Å². The molecule has 3 aromatic rings. The molecule has 1 aliphatic rings. The van der Waals surface area contributed by atoms with Crippen LogP contribution in [0, 0.1) is 13.8 Å². The van der Waals surface area contributed by atoms with Gasteiger partial charge in [-0.25, -0.2) is 0 Å². The highest BCUT2D eigenvalue weighted by Gasteiger charge is 2.47. The highest BCUT2D eigenvalue weighted by molar-refractivity contribution is 6.05. The minimum atomic E-state index is -0.0230. The van der Waals surface area contributed by atoms with E-state index in [9.17, 15) is 5.11 Å². The number of rotatable bonds is 2. The van der Waals surface area contributed by atoms with E-state index in [1.165, 1.54) is 0 Å². The van der Waals surface area contributed by atoms with Gasteiger partial charge in [0.25, 0.3) is 0 Å². The van der Waals surface area contributed by atoms with Crippen molar-refractivity contribution in [3.05, 3.63) is 29.2 Å². The Labute approximate surface area is 116 Å². The Morgan fingerprint density at radius 2 is 1.70 bits per heavy atom. The highest BCUT2D eigenvalue weighted by atomic mass is 16.4. The molecule has 1 saturated carbocycles. The van der Waals surface area contributed by atoms with Gasteiger partial charge >= 0.3 is 0 Å². The van der Waals surface area contributed by atoms with Crippen LogP contribution in [0.4, 0.5) is 0 Å². The summed E-state index contributed by atoms with van der Waals surface area (Å²) in [7, 11) is 0. The first kappa shape index (κ1) is 11.9. The Bertz CT molecular complexity index is 779. The molecular weight excluding hydrogens is 254 g/mol. The summed E-state index contributed by atoms with van der Waals surface area (Å²) in [6.07, 6.45) is 2.12. The van der Waals surface area contributed by atoms with Crippen molar-refractivity contribution in [1.29, 1.82) is 0 Å². The summed E-state index contributed by atoms with van der Waals surface area (Å²) in [5.41, 5.74) is 8.39. The molecule has 2 aromatic heterocycles. The van der Waals surface area contributed by atoms with E-state index in [1.54, 1.807) is 0 Å². The van der Waals surface area contributed by atoms with Gasteiger partial charge in [0, 0.05) is 22.9 Å². The van der Waals surface area contributed by atoms with Crippen molar-refractivity contribution in [2.24, 2.45) is 5.73 Å². The van der Waals surface area contributed by atoms with Gasteiger partial charge in [-0.15, -0.1) is 0 Å². The predicted octanol–water partition coefficient (Wildman–Crippen LogP) is 3.49. The molecule has 0 bridgehead atoms. The quantitative estimate of drug-likeness (QED) is 0.748. The van der Waals surface area contributed by atoms with E-state index < -0.39 is 0 Å². The van der Waals surface area contributed by atoms with Crippen LogP contribution in [0.3, 0.4) is 0 Å². The van der Waals surface area contributed by atoms with Crippen molar-refractivity contribution in [1.82, 2.24) is 0 Å². The molecule has 0 saturated heterocycles. The average molecular weight is 271 g/mol. The van der Waals surface area contributed by atoms with Gasteiger partial charge in [-0.05, 0) is 38.8 Å². The second-order valence-electron chi connectivity index (χ2n) is 5.91. The van der Waals surface area contributed by atoms with Gasteiger partial charge in [0.2, 0.25) is 0 Å². The van der Waals surface area contributed by atoms with Crippen molar-refractivity contribution in [2.75, 3.05) is 6.54 Å². The van der Waals surface area contributed by atoms with Gasteiger partial charge in [-0.2, -0.15) is 0 Å². The summed E-state index contributed by atoms with van der Waals surface area (Å²) in [5, 5.41) is 12.1. The Balaban J connectivity index is 2.23. The summed E-state index contributed by atoms with van der Waals surface area (Å²) in [5.74, 6) is 1.74. The van der Waals surface area contributed by atoms with E-state index in [0.717, 1.165) is 46.3 Å². The molecule has 4 heteroatoms. The molecule has 0 aliphatic heterocycles. The lowest BCUT2D eigenvalue weighted by Gasteiger charge is -2.15. The Hall–Kier alpha value is -1.94. The maximum Gasteiger partial charge on any atom is 0.177 e. The minimum absolute atomic E-state index is 0.0230. The number of aryl methyl sites for hydroxylation is 2. The number of hydrogen-bond donors (Lipinski definition) is 2. The summed E-state index contributed by atoms with van der Waals surface area (Å²) in [6, 6.07) is 3.83. The maximum absolute atomic E-state index is 10.4. The molecule has 1 aliphatic carbocycles. The fraction of sp³-hybridized carbons (Fsp3) is 0.375. The van der Waals surface area contributed by atoms with Crippen molar-refractivity contribution in [3.8, 4) is 5.75 Å². The number of fused-ring (bicyclic) bond motifs is 2. The number of phenolic OH excluding ortho intramolecular Hbond substituents is 1. The first-order valence-electron chi connectivity index (χ1n) is 6.91. The zero-order valence-electron chi connectivity index (χ0n) is 11.6. The van der Waals surface area contributed by atoms with E-state index in [2.05, 4.69) is 0 Å². The molecule has 3 N–H and O–H groups in total.